The zero-order valence-electron chi connectivity index (χ0n) is 13.9. The minimum absolute atomic E-state index is 0.0259. The third-order valence-corrected chi connectivity index (χ3v) is 5.04. The first-order valence-electron chi connectivity index (χ1n) is 8.27. The van der Waals surface area contributed by atoms with Crippen molar-refractivity contribution < 1.29 is 22.7 Å². The summed E-state index contributed by atoms with van der Waals surface area (Å²) in [7, 11) is 0. The lowest BCUT2D eigenvalue weighted by Gasteiger charge is -2.30. The van der Waals surface area contributed by atoms with E-state index in [0.717, 1.165) is 6.54 Å². The molecule has 0 radical (unpaired) electrons. The Hall–Kier alpha value is -0.970. The molecular weight excluding hydrogens is 450 g/mol. The van der Waals surface area contributed by atoms with Crippen LogP contribution in [0.4, 0.5) is 13.2 Å². The molecule has 0 bridgehead atoms. The van der Waals surface area contributed by atoms with Gasteiger partial charge in [-0.15, -0.1) is 0 Å². The first-order chi connectivity index (χ1) is 11.8. The number of halogens is 4. The zero-order valence-corrected chi connectivity index (χ0v) is 16.1. The molecular formula is C16H21F3IN3O2. The fraction of sp³-hybridized carbons (Fsp3) is 0.688. The SMILES string of the molecule is CCOC(=O)C1CCNCC1c1cnc(I)c(CCCC(F)(F)F)n1. The molecule has 5 nitrogen and oxygen atoms in total. The number of aryl methyl sites for hydroxylation is 1. The fourth-order valence-corrected chi connectivity index (χ4v) is 3.45. The van der Waals surface area contributed by atoms with Gasteiger partial charge < -0.3 is 10.1 Å². The lowest BCUT2D eigenvalue weighted by atomic mass is 9.84. The van der Waals surface area contributed by atoms with Crippen LogP contribution in [0.3, 0.4) is 0 Å². The van der Waals surface area contributed by atoms with E-state index >= 15 is 0 Å². The number of hydrogen-bond acceptors (Lipinski definition) is 5. The highest BCUT2D eigenvalue weighted by molar-refractivity contribution is 14.1. The van der Waals surface area contributed by atoms with Crippen molar-refractivity contribution in [2.24, 2.45) is 5.92 Å². The van der Waals surface area contributed by atoms with Crippen molar-refractivity contribution in [3.05, 3.63) is 21.3 Å². The minimum Gasteiger partial charge on any atom is -0.466 e. The smallest absolute Gasteiger partial charge is 0.389 e. The first-order valence-corrected chi connectivity index (χ1v) is 9.35. The van der Waals surface area contributed by atoms with Crippen LogP contribution in [-0.4, -0.2) is 41.8 Å². The molecule has 2 heterocycles. The van der Waals surface area contributed by atoms with Crippen LogP contribution in [0, 0.1) is 9.62 Å². The van der Waals surface area contributed by atoms with Crippen molar-refractivity contribution in [2.75, 3.05) is 19.7 Å². The van der Waals surface area contributed by atoms with E-state index in [4.69, 9.17) is 4.74 Å². The predicted octanol–water partition coefficient (Wildman–Crippen LogP) is 3.22. The average molecular weight is 471 g/mol. The second-order valence-corrected chi connectivity index (χ2v) is 6.98. The highest BCUT2D eigenvalue weighted by Gasteiger charge is 2.34. The van der Waals surface area contributed by atoms with Crippen molar-refractivity contribution in [3.8, 4) is 0 Å². The van der Waals surface area contributed by atoms with Gasteiger partial charge in [0.25, 0.3) is 0 Å². The van der Waals surface area contributed by atoms with Gasteiger partial charge in [0, 0.05) is 18.9 Å². The number of carbonyl (C=O) groups excluding carboxylic acids is 1. The van der Waals surface area contributed by atoms with E-state index in [9.17, 15) is 18.0 Å². The van der Waals surface area contributed by atoms with Gasteiger partial charge in [0.1, 0.15) is 3.70 Å². The second-order valence-electron chi connectivity index (χ2n) is 5.96. The van der Waals surface area contributed by atoms with Gasteiger partial charge in [0.15, 0.2) is 0 Å². The van der Waals surface area contributed by atoms with E-state index < -0.39 is 12.6 Å². The number of nitrogens with zero attached hydrogens (tertiary/aromatic N) is 2. The zero-order chi connectivity index (χ0) is 18.4. The summed E-state index contributed by atoms with van der Waals surface area (Å²) in [6, 6.07) is 0. The van der Waals surface area contributed by atoms with Crippen molar-refractivity contribution in [2.45, 2.75) is 44.7 Å². The van der Waals surface area contributed by atoms with Crippen LogP contribution in [0.2, 0.25) is 0 Å². The Morgan fingerprint density at radius 3 is 2.92 bits per heavy atom. The van der Waals surface area contributed by atoms with Crippen LogP contribution < -0.4 is 5.32 Å². The molecule has 140 valence electrons. The largest absolute Gasteiger partial charge is 0.466 e. The lowest BCUT2D eigenvalue weighted by molar-refractivity contribution is -0.149. The summed E-state index contributed by atoms with van der Waals surface area (Å²) in [4.78, 5) is 21.0. The Kier molecular flexibility index (Phi) is 7.41. The lowest BCUT2D eigenvalue weighted by Crippen LogP contribution is -2.40. The highest BCUT2D eigenvalue weighted by atomic mass is 127. The third-order valence-electron chi connectivity index (χ3n) is 4.14. The maximum Gasteiger partial charge on any atom is 0.389 e. The quantitative estimate of drug-likeness (QED) is 0.510. The molecule has 9 heteroatoms. The number of alkyl halides is 3. The number of rotatable bonds is 6. The molecule has 2 rings (SSSR count). The summed E-state index contributed by atoms with van der Waals surface area (Å²) in [5.41, 5.74) is 1.18. The third kappa shape index (κ3) is 6.05. The molecule has 2 atom stereocenters. The van der Waals surface area contributed by atoms with Gasteiger partial charge in [0.05, 0.1) is 30.1 Å². The second kappa shape index (κ2) is 9.11. The van der Waals surface area contributed by atoms with Gasteiger partial charge in [-0.3, -0.25) is 9.78 Å². The molecule has 1 aliphatic rings. The van der Waals surface area contributed by atoms with E-state index in [2.05, 4.69) is 15.3 Å². The average Bonchev–Trinajstić information content (AvgIpc) is 2.56. The molecule has 1 N–H and O–H groups in total. The molecule has 0 aromatic carbocycles. The monoisotopic (exact) mass is 471 g/mol. The first kappa shape index (κ1) is 20.3. The molecule has 0 spiro atoms. The van der Waals surface area contributed by atoms with Crippen LogP contribution in [0.5, 0.6) is 0 Å². The van der Waals surface area contributed by atoms with Gasteiger partial charge in [-0.25, -0.2) is 4.98 Å². The summed E-state index contributed by atoms with van der Waals surface area (Å²) in [6.07, 6.45) is -2.58. The van der Waals surface area contributed by atoms with Crippen molar-refractivity contribution in [1.82, 2.24) is 15.3 Å². The molecule has 0 aliphatic carbocycles. The maximum absolute atomic E-state index is 12.3. The number of esters is 1. The van der Waals surface area contributed by atoms with Crippen LogP contribution in [-0.2, 0) is 16.0 Å². The number of carbonyl (C=O) groups is 1. The van der Waals surface area contributed by atoms with Gasteiger partial charge in [-0.2, -0.15) is 13.2 Å². The standard InChI is InChI=1S/C16H21F3IN3O2/c1-2-25-15(24)10-5-7-21-8-11(10)13-9-22-14(20)12(23-13)4-3-6-16(17,18)19/h9-11,21H,2-8H2,1H3. The van der Waals surface area contributed by atoms with E-state index in [1.807, 2.05) is 22.6 Å². The maximum atomic E-state index is 12.3. The molecule has 1 saturated heterocycles. The van der Waals surface area contributed by atoms with E-state index in [-0.39, 0.29) is 30.6 Å². The summed E-state index contributed by atoms with van der Waals surface area (Å²) in [6.45, 7) is 3.37. The van der Waals surface area contributed by atoms with E-state index in [0.29, 0.717) is 34.7 Å². The Balaban J connectivity index is 2.14. The van der Waals surface area contributed by atoms with E-state index in [1.54, 1.807) is 13.1 Å². The van der Waals surface area contributed by atoms with Gasteiger partial charge in [-0.1, -0.05) is 0 Å². The normalized spacial score (nSPS) is 21.2. The van der Waals surface area contributed by atoms with Gasteiger partial charge >= 0.3 is 12.1 Å². The van der Waals surface area contributed by atoms with Crippen LogP contribution in [0.25, 0.3) is 0 Å². The van der Waals surface area contributed by atoms with Crippen LogP contribution in [0.1, 0.15) is 43.5 Å². The van der Waals surface area contributed by atoms with Gasteiger partial charge in [0.2, 0.25) is 0 Å². The van der Waals surface area contributed by atoms with Crippen molar-refractivity contribution in [3.63, 3.8) is 0 Å². The topological polar surface area (TPSA) is 64.1 Å². The summed E-state index contributed by atoms with van der Waals surface area (Å²) in [5.74, 6) is -0.745. The molecule has 1 aromatic heterocycles. The molecule has 2 unspecified atom stereocenters. The van der Waals surface area contributed by atoms with Crippen LogP contribution >= 0.6 is 22.6 Å². The Morgan fingerprint density at radius 1 is 1.48 bits per heavy atom. The number of aromatic nitrogens is 2. The number of piperidine rings is 1. The number of hydrogen-bond donors (Lipinski definition) is 1. The summed E-state index contributed by atoms with van der Waals surface area (Å²) < 4.78 is 42.8. The molecule has 0 amide bonds. The Labute approximate surface area is 158 Å². The Morgan fingerprint density at radius 2 is 2.24 bits per heavy atom. The van der Waals surface area contributed by atoms with Crippen molar-refractivity contribution in [1.29, 1.82) is 0 Å². The van der Waals surface area contributed by atoms with E-state index in [1.165, 1.54) is 0 Å². The fourth-order valence-electron chi connectivity index (χ4n) is 2.92. The molecule has 1 aliphatic heterocycles. The molecule has 1 aromatic rings. The number of ether oxygens (including phenoxy) is 1. The van der Waals surface area contributed by atoms with Crippen molar-refractivity contribution >= 4 is 28.6 Å². The Bertz CT molecular complexity index is 598. The molecule has 1 fully saturated rings. The molecule has 0 saturated carbocycles. The minimum atomic E-state index is -4.17. The van der Waals surface area contributed by atoms with Gasteiger partial charge in [-0.05, 0) is 55.3 Å². The predicted molar refractivity (Wildman–Crippen MR) is 94.1 cm³/mol. The summed E-state index contributed by atoms with van der Waals surface area (Å²) >= 11 is 1.98. The highest BCUT2D eigenvalue weighted by Crippen LogP contribution is 2.30. The van der Waals surface area contributed by atoms with Crippen LogP contribution in [0.15, 0.2) is 6.20 Å². The summed E-state index contributed by atoms with van der Waals surface area (Å²) in [5, 5.41) is 3.23. The number of nitrogens with one attached hydrogen (secondary N) is 1. The molecule has 25 heavy (non-hydrogen) atoms.